The van der Waals surface area contributed by atoms with Gasteiger partial charge < -0.3 is 10.4 Å². The molecular weight excluding hydrogens is 164 g/mol. The Hall–Kier alpha value is -0.700. The molecule has 0 saturated carbocycles. The molecule has 4 heteroatoms. The molecule has 0 aromatic rings. The van der Waals surface area contributed by atoms with E-state index in [1.165, 1.54) is 6.54 Å². The van der Waals surface area contributed by atoms with E-state index in [0.717, 1.165) is 18.7 Å². The number of aliphatic hydroxyl groups excluding tert-OH is 1. The van der Waals surface area contributed by atoms with Gasteiger partial charge in [0.1, 0.15) is 10.9 Å². The number of amidine groups is 1. The van der Waals surface area contributed by atoms with Crippen LogP contribution in [0.15, 0.2) is 15.9 Å². The van der Waals surface area contributed by atoms with Crippen molar-refractivity contribution in [3.05, 3.63) is 17.5 Å². The molecule has 0 aliphatic carbocycles. The number of hydrogen-bond acceptors (Lipinski definition) is 3. The molecule has 3 nitrogen and oxygen atoms in total. The van der Waals surface area contributed by atoms with Gasteiger partial charge in [0, 0.05) is 6.42 Å². The van der Waals surface area contributed by atoms with Crippen molar-refractivity contribution in [3.8, 4) is 0 Å². The molecule has 0 unspecified atom stereocenters. The third kappa shape index (κ3) is 2.12. The Morgan fingerprint density at radius 2 is 2.45 bits per heavy atom. The van der Waals surface area contributed by atoms with Gasteiger partial charge in [0.15, 0.2) is 0 Å². The number of hydrogen-bond donors (Lipinski definition) is 2. The number of aliphatic imine (C=N–C) groups is 1. The van der Waals surface area contributed by atoms with Crippen molar-refractivity contribution in [2.45, 2.75) is 19.8 Å². The van der Waals surface area contributed by atoms with Crippen molar-refractivity contribution in [2.75, 3.05) is 0 Å². The minimum Gasteiger partial charge on any atom is -0.492 e. The Balaban J connectivity index is 2.64. The van der Waals surface area contributed by atoms with Gasteiger partial charge in [-0.2, -0.15) is 4.99 Å². The third-order valence-electron chi connectivity index (χ3n) is 1.31. The second kappa shape index (κ2) is 3.62. The van der Waals surface area contributed by atoms with Crippen LogP contribution in [0, 0.1) is 6.54 Å². The van der Waals surface area contributed by atoms with E-state index in [1.807, 2.05) is 6.92 Å². The van der Waals surface area contributed by atoms with Gasteiger partial charge in [0.2, 0.25) is 5.88 Å². The minimum absolute atomic E-state index is 0.103. The van der Waals surface area contributed by atoms with E-state index < -0.39 is 0 Å². The van der Waals surface area contributed by atoms with Gasteiger partial charge in [0.25, 0.3) is 0 Å². The Morgan fingerprint density at radius 1 is 1.73 bits per heavy atom. The summed E-state index contributed by atoms with van der Waals surface area (Å²) in [7, 11) is 0. The SMILES string of the molecule is CCCC1=NC(O)=C(Cl)[CH]N1. The highest BCUT2D eigenvalue weighted by atomic mass is 35.5. The molecule has 1 heterocycles. The highest BCUT2D eigenvalue weighted by Gasteiger charge is 2.10. The molecule has 1 rings (SSSR count). The van der Waals surface area contributed by atoms with E-state index in [2.05, 4.69) is 10.3 Å². The topological polar surface area (TPSA) is 44.6 Å². The molecule has 0 aromatic carbocycles. The van der Waals surface area contributed by atoms with Crippen molar-refractivity contribution < 1.29 is 5.11 Å². The van der Waals surface area contributed by atoms with Gasteiger partial charge in [-0.25, -0.2) is 0 Å². The van der Waals surface area contributed by atoms with Gasteiger partial charge in [-0.3, -0.25) is 0 Å². The average Bonchev–Trinajstić information content (AvgIpc) is 1.98. The zero-order chi connectivity index (χ0) is 8.27. The van der Waals surface area contributed by atoms with E-state index in [0.29, 0.717) is 0 Å². The molecule has 0 spiro atoms. The van der Waals surface area contributed by atoms with Gasteiger partial charge >= 0.3 is 0 Å². The molecule has 11 heavy (non-hydrogen) atoms. The first kappa shape index (κ1) is 8.40. The number of halogens is 1. The summed E-state index contributed by atoms with van der Waals surface area (Å²) in [5.74, 6) is 0.656. The summed E-state index contributed by atoms with van der Waals surface area (Å²) in [5, 5.41) is 12.2. The van der Waals surface area contributed by atoms with E-state index in [1.54, 1.807) is 0 Å². The molecule has 1 aliphatic heterocycles. The van der Waals surface area contributed by atoms with E-state index in [9.17, 15) is 0 Å². The van der Waals surface area contributed by atoms with E-state index in [-0.39, 0.29) is 10.9 Å². The maximum Gasteiger partial charge on any atom is 0.229 e. The zero-order valence-corrected chi connectivity index (χ0v) is 7.02. The molecule has 0 aromatic heterocycles. The summed E-state index contributed by atoms with van der Waals surface area (Å²) in [6, 6.07) is 0. The van der Waals surface area contributed by atoms with Crippen LogP contribution in [0.3, 0.4) is 0 Å². The lowest BCUT2D eigenvalue weighted by Crippen LogP contribution is -2.24. The van der Waals surface area contributed by atoms with Gasteiger partial charge in [-0.05, 0) is 6.42 Å². The fourth-order valence-corrected chi connectivity index (χ4v) is 0.886. The largest absolute Gasteiger partial charge is 0.492 e. The van der Waals surface area contributed by atoms with Crippen LogP contribution >= 0.6 is 11.6 Å². The Morgan fingerprint density at radius 3 is 3.00 bits per heavy atom. The minimum atomic E-state index is -0.103. The predicted molar refractivity (Wildman–Crippen MR) is 45.3 cm³/mol. The van der Waals surface area contributed by atoms with E-state index >= 15 is 0 Å². The number of aliphatic hydroxyl groups is 1. The van der Waals surface area contributed by atoms with Crippen LogP contribution in [0.25, 0.3) is 0 Å². The molecule has 0 amide bonds. The fourth-order valence-electron chi connectivity index (χ4n) is 0.790. The van der Waals surface area contributed by atoms with Crippen LogP contribution in [0.1, 0.15) is 19.8 Å². The first-order valence-corrected chi connectivity index (χ1v) is 3.88. The number of nitrogens with zero attached hydrogens (tertiary/aromatic N) is 1. The van der Waals surface area contributed by atoms with Crippen molar-refractivity contribution >= 4 is 17.4 Å². The van der Waals surface area contributed by atoms with Crippen molar-refractivity contribution in [2.24, 2.45) is 4.99 Å². The Bertz CT molecular complexity index is 206. The quantitative estimate of drug-likeness (QED) is 0.670. The van der Waals surface area contributed by atoms with Crippen molar-refractivity contribution in [1.29, 1.82) is 0 Å². The molecule has 2 N–H and O–H groups in total. The highest BCUT2D eigenvalue weighted by molar-refractivity contribution is 6.31. The van der Waals surface area contributed by atoms with E-state index in [4.69, 9.17) is 16.7 Å². The first-order valence-electron chi connectivity index (χ1n) is 3.50. The van der Waals surface area contributed by atoms with Crippen LogP contribution < -0.4 is 5.32 Å². The Labute approximate surface area is 70.8 Å². The number of nitrogens with one attached hydrogen (secondary N) is 1. The molecule has 1 aliphatic rings. The zero-order valence-electron chi connectivity index (χ0n) is 6.26. The second-order valence-electron chi connectivity index (χ2n) is 2.27. The lowest BCUT2D eigenvalue weighted by molar-refractivity contribution is 0.401. The van der Waals surface area contributed by atoms with Gasteiger partial charge in [-0.1, -0.05) is 18.5 Å². The summed E-state index contributed by atoms with van der Waals surface area (Å²) in [6.07, 6.45) is 1.81. The van der Waals surface area contributed by atoms with Crippen molar-refractivity contribution in [1.82, 2.24) is 5.32 Å². The fraction of sp³-hybridized carbons (Fsp3) is 0.429. The van der Waals surface area contributed by atoms with Gasteiger partial charge in [-0.15, -0.1) is 0 Å². The molecule has 1 radical (unpaired) electrons. The lowest BCUT2D eigenvalue weighted by Gasteiger charge is -2.12. The summed E-state index contributed by atoms with van der Waals surface area (Å²) in [5.41, 5.74) is 0. The summed E-state index contributed by atoms with van der Waals surface area (Å²) < 4.78 is 0. The summed E-state index contributed by atoms with van der Waals surface area (Å²) in [4.78, 5) is 3.83. The van der Waals surface area contributed by atoms with Crippen molar-refractivity contribution in [3.63, 3.8) is 0 Å². The number of rotatable bonds is 2. The maximum absolute atomic E-state index is 9.06. The Kier molecular flexibility index (Phi) is 2.76. The molecule has 0 saturated heterocycles. The summed E-state index contributed by atoms with van der Waals surface area (Å²) >= 11 is 5.54. The van der Waals surface area contributed by atoms with Crippen LogP contribution in [-0.4, -0.2) is 10.9 Å². The van der Waals surface area contributed by atoms with Crippen LogP contribution in [-0.2, 0) is 0 Å². The second-order valence-corrected chi connectivity index (χ2v) is 2.68. The molecule has 0 bridgehead atoms. The molecule has 0 fully saturated rings. The third-order valence-corrected chi connectivity index (χ3v) is 1.58. The van der Waals surface area contributed by atoms with Crippen LogP contribution in [0.2, 0.25) is 0 Å². The van der Waals surface area contributed by atoms with Crippen LogP contribution in [0.5, 0.6) is 0 Å². The highest BCUT2D eigenvalue weighted by Crippen LogP contribution is 2.14. The maximum atomic E-state index is 9.06. The normalized spacial score (nSPS) is 17.8. The standard InChI is InChI=1S/C7H10ClN2O/c1-2-3-6-9-4-5(8)7(11)10-6/h4,11H,2-3H2,1H3,(H,9,10). The van der Waals surface area contributed by atoms with Gasteiger partial charge in [0.05, 0.1) is 6.54 Å². The summed E-state index contributed by atoms with van der Waals surface area (Å²) in [6.45, 7) is 3.58. The molecular formula is C7H10ClN2O. The smallest absolute Gasteiger partial charge is 0.229 e. The monoisotopic (exact) mass is 173 g/mol. The average molecular weight is 174 g/mol. The molecule has 61 valence electrons. The van der Waals surface area contributed by atoms with Crippen LogP contribution in [0.4, 0.5) is 0 Å². The first-order chi connectivity index (χ1) is 5.24. The lowest BCUT2D eigenvalue weighted by atomic mass is 10.3. The molecule has 0 atom stereocenters. The predicted octanol–water partition coefficient (Wildman–Crippen LogP) is 1.92.